The van der Waals surface area contributed by atoms with Crippen LogP contribution in [0.4, 0.5) is 0 Å². The van der Waals surface area contributed by atoms with Crippen LogP contribution >= 0.6 is 0 Å². The van der Waals surface area contributed by atoms with Crippen LogP contribution in [0.25, 0.3) is 5.65 Å². The Labute approximate surface area is 80.6 Å². The molecule has 4 nitrogen and oxygen atoms in total. The second-order valence-electron chi connectivity index (χ2n) is 3.64. The summed E-state index contributed by atoms with van der Waals surface area (Å²) in [6.45, 7) is 0. The minimum absolute atomic E-state index is 0.576. The van der Waals surface area contributed by atoms with Crippen LogP contribution in [0.2, 0.25) is 0 Å². The Morgan fingerprint density at radius 2 is 2.29 bits per heavy atom. The Hall–Kier alpha value is -1.71. The lowest BCUT2D eigenvalue weighted by molar-refractivity contribution is 0.112. The second kappa shape index (κ2) is 2.64. The predicted octanol–water partition coefficient (Wildman–Crippen LogP) is 1.42. The van der Waals surface area contributed by atoms with E-state index in [1.165, 1.54) is 12.8 Å². The van der Waals surface area contributed by atoms with Gasteiger partial charge in [-0.2, -0.15) is 0 Å². The summed E-state index contributed by atoms with van der Waals surface area (Å²) < 4.78 is 1.96. The van der Waals surface area contributed by atoms with Gasteiger partial charge in [0.05, 0.1) is 0 Å². The number of carbonyl (C=O) groups is 1. The standard InChI is InChI=1S/C10H9N3O/c14-6-7-3-4-13-9(5-7)11-12-10(13)8-1-2-8/h3-6,8H,1-2H2. The highest BCUT2D eigenvalue weighted by Gasteiger charge is 2.28. The number of aldehydes is 1. The molecule has 0 bridgehead atoms. The summed E-state index contributed by atoms with van der Waals surface area (Å²) >= 11 is 0. The number of rotatable bonds is 2. The Bertz CT molecular complexity index is 499. The van der Waals surface area contributed by atoms with Crippen molar-refractivity contribution in [3.05, 3.63) is 29.7 Å². The highest BCUT2D eigenvalue weighted by Crippen LogP contribution is 2.38. The molecule has 0 aliphatic heterocycles. The molecule has 4 heteroatoms. The van der Waals surface area contributed by atoms with E-state index in [1.807, 2.05) is 10.6 Å². The van der Waals surface area contributed by atoms with Crippen molar-refractivity contribution >= 4 is 11.9 Å². The molecule has 0 amide bonds. The number of carbonyl (C=O) groups excluding carboxylic acids is 1. The number of fused-ring (bicyclic) bond motifs is 1. The predicted molar refractivity (Wildman–Crippen MR) is 50.3 cm³/mol. The maximum atomic E-state index is 10.5. The fraction of sp³-hybridized carbons (Fsp3) is 0.300. The first kappa shape index (κ1) is 7.67. The Kier molecular flexibility index (Phi) is 1.45. The molecule has 14 heavy (non-hydrogen) atoms. The lowest BCUT2D eigenvalue weighted by atomic mass is 10.3. The van der Waals surface area contributed by atoms with Crippen LogP contribution < -0.4 is 0 Å². The molecule has 70 valence electrons. The van der Waals surface area contributed by atoms with Crippen molar-refractivity contribution < 1.29 is 4.79 Å². The molecular weight excluding hydrogens is 178 g/mol. The molecule has 0 N–H and O–H groups in total. The van der Waals surface area contributed by atoms with Crippen molar-refractivity contribution in [2.45, 2.75) is 18.8 Å². The average Bonchev–Trinajstić information content (AvgIpc) is 2.98. The topological polar surface area (TPSA) is 47.3 Å². The van der Waals surface area contributed by atoms with Crippen molar-refractivity contribution in [2.75, 3.05) is 0 Å². The van der Waals surface area contributed by atoms with Crippen LogP contribution in [0.3, 0.4) is 0 Å². The molecule has 2 aromatic rings. The molecule has 0 unspecified atom stereocenters. The normalized spacial score (nSPS) is 16.0. The van der Waals surface area contributed by atoms with E-state index in [0.717, 1.165) is 17.8 Å². The molecular formula is C10H9N3O. The highest BCUT2D eigenvalue weighted by atomic mass is 16.1. The molecule has 0 radical (unpaired) electrons. The number of hydrogen-bond donors (Lipinski definition) is 0. The van der Waals surface area contributed by atoms with Crippen molar-refractivity contribution in [3.63, 3.8) is 0 Å². The van der Waals surface area contributed by atoms with Gasteiger partial charge in [-0.05, 0) is 25.0 Å². The van der Waals surface area contributed by atoms with Crippen LogP contribution in [0.1, 0.15) is 34.9 Å². The molecule has 0 saturated heterocycles. The summed E-state index contributed by atoms with van der Waals surface area (Å²) in [5.41, 5.74) is 1.41. The SMILES string of the molecule is O=Cc1ccn2c(C3CC3)nnc2c1. The maximum absolute atomic E-state index is 10.5. The van der Waals surface area contributed by atoms with Gasteiger partial charge in [-0.3, -0.25) is 9.20 Å². The smallest absolute Gasteiger partial charge is 0.161 e. The summed E-state index contributed by atoms with van der Waals surface area (Å²) in [5, 5.41) is 8.17. The van der Waals surface area contributed by atoms with Crippen molar-refractivity contribution in [2.24, 2.45) is 0 Å². The summed E-state index contributed by atoms with van der Waals surface area (Å²) in [7, 11) is 0. The number of hydrogen-bond acceptors (Lipinski definition) is 3. The zero-order chi connectivity index (χ0) is 9.54. The molecule has 0 aromatic carbocycles. The third kappa shape index (κ3) is 1.04. The van der Waals surface area contributed by atoms with E-state index in [9.17, 15) is 4.79 Å². The molecule has 3 rings (SSSR count). The molecule has 1 fully saturated rings. The molecule has 1 aliphatic rings. The van der Waals surface area contributed by atoms with E-state index < -0.39 is 0 Å². The minimum atomic E-state index is 0.576. The second-order valence-corrected chi connectivity index (χ2v) is 3.64. The van der Waals surface area contributed by atoms with Crippen LogP contribution in [-0.2, 0) is 0 Å². The van der Waals surface area contributed by atoms with Gasteiger partial charge >= 0.3 is 0 Å². The third-order valence-corrected chi connectivity index (χ3v) is 2.54. The van der Waals surface area contributed by atoms with E-state index in [-0.39, 0.29) is 0 Å². The van der Waals surface area contributed by atoms with Gasteiger partial charge in [-0.25, -0.2) is 0 Å². The van der Waals surface area contributed by atoms with Gasteiger partial charge in [0, 0.05) is 17.7 Å². The van der Waals surface area contributed by atoms with Gasteiger partial charge in [-0.1, -0.05) is 0 Å². The maximum Gasteiger partial charge on any atom is 0.161 e. The van der Waals surface area contributed by atoms with Gasteiger partial charge in [0.25, 0.3) is 0 Å². The Balaban J connectivity index is 2.21. The third-order valence-electron chi connectivity index (χ3n) is 2.54. The van der Waals surface area contributed by atoms with E-state index in [2.05, 4.69) is 10.2 Å². The zero-order valence-electron chi connectivity index (χ0n) is 7.55. The van der Waals surface area contributed by atoms with Gasteiger partial charge < -0.3 is 0 Å². The Morgan fingerprint density at radius 1 is 1.43 bits per heavy atom. The van der Waals surface area contributed by atoms with Crippen molar-refractivity contribution in [1.29, 1.82) is 0 Å². The van der Waals surface area contributed by atoms with Gasteiger partial charge in [-0.15, -0.1) is 10.2 Å². The molecule has 2 aromatic heterocycles. The van der Waals surface area contributed by atoms with Crippen LogP contribution in [0.5, 0.6) is 0 Å². The lowest BCUT2D eigenvalue weighted by Crippen LogP contribution is -1.92. The van der Waals surface area contributed by atoms with Gasteiger partial charge in [0.15, 0.2) is 5.65 Å². The first-order chi connectivity index (χ1) is 6.88. The quantitative estimate of drug-likeness (QED) is 0.668. The van der Waals surface area contributed by atoms with Gasteiger partial charge in [0.1, 0.15) is 12.1 Å². The summed E-state index contributed by atoms with van der Waals surface area (Å²) in [5.74, 6) is 1.60. The highest BCUT2D eigenvalue weighted by molar-refractivity contribution is 5.76. The first-order valence-corrected chi connectivity index (χ1v) is 4.68. The molecule has 0 atom stereocenters. The number of pyridine rings is 1. The molecule has 1 aliphatic carbocycles. The number of nitrogens with zero attached hydrogens (tertiary/aromatic N) is 3. The van der Waals surface area contributed by atoms with Crippen molar-refractivity contribution in [3.8, 4) is 0 Å². The summed E-state index contributed by atoms with van der Waals surface area (Å²) in [6.07, 6.45) is 5.10. The lowest BCUT2D eigenvalue weighted by Gasteiger charge is -1.96. The average molecular weight is 187 g/mol. The van der Waals surface area contributed by atoms with Crippen LogP contribution in [-0.4, -0.2) is 20.9 Å². The largest absolute Gasteiger partial charge is 0.298 e. The number of aromatic nitrogens is 3. The van der Waals surface area contributed by atoms with Crippen molar-refractivity contribution in [1.82, 2.24) is 14.6 Å². The summed E-state index contributed by atoms with van der Waals surface area (Å²) in [6, 6.07) is 3.54. The monoisotopic (exact) mass is 187 g/mol. The van der Waals surface area contributed by atoms with E-state index in [0.29, 0.717) is 11.5 Å². The first-order valence-electron chi connectivity index (χ1n) is 4.68. The van der Waals surface area contributed by atoms with E-state index >= 15 is 0 Å². The Morgan fingerprint density at radius 3 is 3.00 bits per heavy atom. The van der Waals surface area contributed by atoms with Gasteiger partial charge in [0.2, 0.25) is 0 Å². The molecule has 2 heterocycles. The van der Waals surface area contributed by atoms with E-state index in [1.54, 1.807) is 12.1 Å². The van der Waals surface area contributed by atoms with Crippen LogP contribution in [0.15, 0.2) is 18.3 Å². The zero-order valence-corrected chi connectivity index (χ0v) is 7.55. The summed E-state index contributed by atoms with van der Waals surface area (Å²) in [4.78, 5) is 10.5. The fourth-order valence-corrected chi connectivity index (χ4v) is 1.62. The fourth-order valence-electron chi connectivity index (χ4n) is 1.62. The van der Waals surface area contributed by atoms with Crippen LogP contribution in [0, 0.1) is 0 Å². The van der Waals surface area contributed by atoms with E-state index in [4.69, 9.17) is 0 Å². The molecule has 1 saturated carbocycles. The molecule has 0 spiro atoms. The minimum Gasteiger partial charge on any atom is -0.298 e.